The molecule has 3 N–H and O–H groups in total. The van der Waals surface area contributed by atoms with Gasteiger partial charge in [0, 0.05) is 0 Å². The lowest BCUT2D eigenvalue weighted by Gasteiger charge is -2.08. The maximum Gasteiger partial charge on any atom is 0.329 e. The summed E-state index contributed by atoms with van der Waals surface area (Å²) in [4.78, 5) is 32.7. The van der Waals surface area contributed by atoms with Crippen molar-refractivity contribution in [3.63, 3.8) is 0 Å². The molecule has 0 heterocycles. The largest absolute Gasteiger partial charge is 0.480 e. The number of halogens is 1. The van der Waals surface area contributed by atoms with Crippen LogP contribution < -0.4 is 10.6 Å². The third kappa shape index (κ3) is 5.44. The molecular weight excluding hydrogens is 271 g/mol. The molecule has 0 spiro atoms. The fourth-order valence-corrected chi connectivity index (χ4v) is 1.28. The lowest BCUT2D eigenvalue weighted by molar-refractivity contribution is -0.143. The van der Waals surface area contributed by atoms with E-state index in [0.29, 0.717) is 0 Å². The smallest absolute Gasteiger partial charge is 0.329 e. The number of rotatable bonds is 5. The van der Waals surface area contributed by atoms with Gasteiger partial charge in [0.15, 0.2) is 0 Å². The SMILES string of the molecule is Cc1ccc(F)c(NC(=O)NC(=O)COCC(=O)O)c1. The average molecular weight is 284 g/mol. The second-order valence-corrected chi connectivity index (χ2v) is 3.87. The first-order valence-corrected chi connectivity index (χ1v) is 5.55. The number of hydrogen-bond acceptors (Lipinski definition) is 4. The van der Waals surface area contributed by atoms with Crippen molar-refractivity contribution < 1.29 is 28.6 Å². The third-order valence-corrected chi connectivity index (χ3v) is 2.08. The van der Waals surface area contributed by atoms with Crippen LogP contribution in [0.5, 0.6) is 0 Å². The number of urea groups is 1. The number of benzene rings is 1. The van der Waals surface area contributed by atoms with Gasteiger partial charge in [-0.15, -0.1) is 0 Å². The number of hydrogen-bond donors (Lipinski definition) is 3. The van der Waals surface area contributed by atoms with Crippen LogP contribution in [-0.4, -0.2) is 36.2 Å². The molecule has 0 aliphatic rings. The number of ether oxygens (including phenoxy) is 1. The number of aliphatic carboxylic acids is 1. The molecule has 3 amide bonds. The van der Waals surface area contributed by atoms with E-state index in [2.05, 4.69) is 10.1 Å². The number of aryl methyl sites for hydroxylation is 1. The summed E-state index contributed by atoms with van der Waals surface area (Å²) in [6.45, 7) is 0.477. The van der Waals surface area contributed by atoms with Crippen LogP contribution in [-0.2, 0) is 14.3 Å². The average Bonchev–Trinajstić information content (AvgIpc) is 2.33. The summed E-state index contributed by atoms with van der Waals surface area (Å²) >= 11 is 0. The van der Waals surface area contributed by atoms with Crippen LogP contribution in [0.3, 0.4) is 0 Å². The van der Waals surface area contributed by atoms with Crippen LogP contribution in [0.15, 0.2) is 18.2 Å². The van der Waals surface area contributed by atoms with Crippen LogP contribution >= 0.6 is 0 Å². The Labute approximate surface area is 113 Å². The standard InChI is InChI=1S/C12H13FN2O5/c1-7-2-3-8(13)9(4-7)14-12(19)15-10(16)5-20-6-11(17)18/h2-4H,5-6H2,1H3,(H,17,18)(H2,14,15,16,19). The number of carbonyl (C=O) groups excluding carboxylic acids is 2. The Kier molecular flexibility index (Phi) is 5.60. The topological polar surface area (TPSA) is 105 Å². The van der Waals surface area contributed by atoms with E-state index in [1.54, 1.807) is 6.92 Å². The molecule has 108 valence electrons. The highest BCUT2D eigenvalue weighted by Crippen LogP contribution is 2.15. The summed E-state index contributed by atoms with van der Waals surface area (Å²) in [6.07, 6.45) is 0. The summed E-state index contributed by atoms with van der Waals surface area (Å²) in [5.74, 6) is -2.71. The van der Waals surface area contributed by atoms with Crippen molar-refractivity contribution >= 4 is 23.6 Å². The maximum absolute atomic E-state index is 13.3. The molecule has 8 heteroatoms. The van der Waals surface area contributed by atoms with Crippen molar-refractivity contribution in [3.8, 4) is 0 Å². The summed E-state index contributed by atoms with van der Waals surface area (Å²) in [6, 6.07) is 3.19. The summed E-state index contributed by atoms with van der Waals surface area (Å²) in [5.41, 5.74) is 0.666. The number of nitrogens with one attached hydrogen (secondary N) is 2. The molecule has 0 aliphatic heterocycles. The molecular formula is C12H13FN2O5. The monoisotopic (exact) mass is 284 g/mol. The predicted molar refractivity (Wildman–Crippen MR) is 66.8 cm³/mol. The first-order chi connectivity index (χ1) is 9.38. The normalized spacial score (nSPS) is 9.90. The van der Waals surface area contributed by atoms with E-state index in [9.17, 15) is 18.8 Å². The number of carboxylic acids is 1. The fraction of sp³-hybridized carbons (Fsp3) is 0.250. The highest BCUT2D eigenvalue weighted by molar-refractivity contribution is 6.01. The van der Waals surface area contributed by atoms with Gasteiger partial charge in [-0.2, -0.15) is 0 Å². The van der Waals surface area contributed by atoms with Gasteiger partial charge >= 0.3 is 12.0 Å². The van der Waals surface area contributed by atoms with Crippen molar-refractivity contribution in [2.45, 2.75) is 6.92 Å². The van der Waals surface area contributed by atoms with Crippen molar-refractivity contribution in [1.29, 1.82) is 0 Å². The Bertz CT molecular complexity index is 533. The van der Waals surface area contributed by atoms with E-state index < -0.39 is 36.9 Å². The van der Waals surface area contributed by atoms with Gasteiger partial charge < -0.3 is 15.2 Å². The van der Waals surface area contributed by atoms with E-state index >= 15 is 0 Å². The molecule has 0 saturated heterocycles. The molecule has 1 aromatic rings. The Morgan fingerprint density at radius 3 is 2.65 bits per heavy atom. The zero-order chi connectivity index (χ0) is 15.1. The second kappa shape index (κ2) is 7.19. The first kappa shape index (κ1) is 15.6. The van der Waals surface area contributed by atoms with Crippen molar-refractivity contribution in [2.24, 2.45) is 0 Å². The lowest BCUT2D eigenvalue weighted by Crippen LogP contribution is -2.37. The lowest BCUT2D eigenvalue weighted by atomic mass is 10.2. The highest BCUT2D eigenvalue weighted by atomic mass is 19.1. The molecule has 0 saturated carbocycles. The third-order valence-electron chi connectivity index (χ3n) is 2.08. The fourth-order valence-electron chi connectivity index (χ4n) is 1.28. The predicted octanol–water partition coefficient (Wildman–Crippen LogP) is 0.883. The zero-order valence-electron chi connectivity index (χ0n) is 10.6. The number of carbonyl (C=O) groups is 3. The van der Waals surface area contributed by atoms with Gasteiger partial charge in [-0.25, -0.2) is 14.0 Å². The summed E-state index contributed by atoms with van der Waals surface area (Å²) < 4.78 is 17.8. The molecule has 0 fully saturated rings. The van der Waals surface area contributed by atoms with Crippen LogP contribution in [0.1, 0.15) is 5.56 Å². The molecule has 0 unspecified atom stereocenters. The van der Waals surface area contributed by atoms with Crippen LogP contribution in [0.4, 0.5) is 14.9 Å². The molecule has 0 bridgehead atoms. The molecule has 0 radical (unpaired) electrons. The first-order valence-electron chi connectivity index (χ1n) is 5.55. The minimum absolute atomic E-state index is 0.0678. The zero-order valence-corrected chi connectivity index (χ0v) is 10.6. The quantitative estimate of drug-likeness (QED) is 0.744. The van der Waals surface area contributed by atoms with Crippen molar-refractivity contribution in [3.05, 3.63) is 29.6 Å². The Morgan fingerprint density at radius 1 is 1.30 bits per heavy atom. The van der Waals surface area contributed by atoms with Gasteiger partial charge in [0.1, 0.15) is 19.0 Å². The van der Waals surface area contributed by atoms with Crippen molar-refractivity contribution in [1.82, 2.24) is 5.32 Å². The van der Waals surface area contributed by atoms with Gasteiger partial charge in [0.2, 0.25) is 0 Å². The second-order valence-electron chi connectivity index (χ2n) is 3.87. The van der Waals surface area contributed by atoms with E-state index in [0.717, 1.165) is 5.56 Å². The van der Waals surface area contributed by atoms with E-state index in [4.69, 9.17) is 5.11 Å². The van der Waals surface area contributed by atoms with Gasteiger partial charge in [-0.1, -0.05) is 6.07 Å². The number of anilines is 1. The van der Waals surface area contributed by atoms with Crippen LogP contribution in [0, 0.1) is 12.7 Å². The van der Waals surface area contributed by atoms with E-state index in [1.807, 2.05) is 5.32 Å². The summed E-state index contributed by atoms with van der Waals surface area (Å²) in [7, 11) is 0. The number of carboxylic acid groups (broad SMARTS) is 1. The minimum atomic E-state index is -1.23. The molecule has 1 aromatic carbocycles. The van der Waals surface area contributed by atoms with Gasteiger partial charge in [0.05, 0.1) is 5.69 Å². The summed E-state index contributed by atoms with van der Waals surface area (Å²) in [5, 5.41) is 12.3. The molecule has 20 heavy (non-hydrogen) atoms. The van der Waals surface area contributed by atoms with Crippen LogP contribution in [0.25, 0.3) is 0 Å². The number of amides is 3. The Hall–Kier alpha value is -2.48. The maximum atomic E-state index is 13.3. The molecule has 7 nitrogen and oxygen atoms in total. The van der Waals surface area contributed by atoms with Crippen LogP contribution in [0.2, 0.25) is 0 Å². The molecule has 0 aromatic heterocycles. The van der Waals surface area contributed by atoms with E-state index in [-0.39, 0.29) is 5.69 Å². The van der Waals surface area contributed by atoms with Gasteiger partial charge in [0.25, 0.3) is 5.91 Å². The van der Waals surface area contributed by atoms with Crippen molar-refractivity contribution in [2.75, 3.05) is 18.5 Å². The Morgan fingerprint density at radius 2 is 2.00 bits per heavy atom. The highest BCUT2D eigenvalue weighted by Gasteiger charge is 2.11. The Balaban J connectivity index is 2.45. The molecule has 0 aliphatic carbocycles. The van der Waals surface area contributed by atoms with Gasteiger partial charge in [-0.3, -0.25) is 10.1 Å². The number of imide groups is 1. The van der Waals surface area contributed by atoms with Gasteiger partial charge in [-0.05, 0) is 24.6 Å². The van der Waals surface area contributed by atoms with E-state index in [1.165, 1.54) is 18.2 Å². The molecule has 1 rings (SSSR count). The molecule has 0 atom stereocenters. The minimum Gasteiger partial charge on any atom is -0.480 e.